The molecule has 0 spiro atoms. The first-order valence-corrected chi connectivity index (χ1v) is 15.4. The number of halogens is 1. The number of rotatable bonds is 5. The highest BCUT2D eigenvalue weighted by molar-refractivity contribution is 5.92. The summed E-state index contributed by atoms with van der Waals surface area (Å²) in [5.41, 5.74) is 0.0951. The van der Waals surface area contributed by atoms with E-state index in [1.807, 2.05) is 25.7 Å². The summed E-state index contributed by atoms with van der Waals surface area (Å²) in [7, 11) is 0. The van der Waals surface area contributed by atoms with Gasteiger partial charge in [0.25, 0.3) is 0 Å². The summed E-state index contributed by atoms with van der Waals surface area (Å²) < 4.78 is 28.3. The molecule has 2 bridgehead atoms. The highest BCUT2D eigenvalue weighted by Crippen LogP contribution is 2.41. The number of piperazine rings is 1. The lowest BCUT2D eigenvalue weighted by Gasteiger charge is -2.42. The van der Waals surface area contributed by atoms with Gasteiger partial charge in [-0.25, -0.2) is 9.18 Å². The van der Waals surface area contributed by atoms with Crippen molar-refractivity contribution in [3.8, 4) is 23.0 Å². The molecular formula is C32H39FN6O4. The molecule has 0 aliphatic carbocycles. The monoisotopic (exact) mass is 590 g/mol. The number of aromatic hydroxyl groups is 1. The van der Waals surface area contributed by atoms with Crippen LogP contribution in [0.4, 0.5) is 15.0 Å². The lowest BCUT2D eigenvalue weighted by atomic mass is 9.95. The van der Waals surface area contributed by atoms with Crippen LogP contribution in [0, 0.1) is 5.82 Å². The van der Waals surface area contributed by atoms with Crippen molar-refractivity contribution >= 4 is 22.8 Å². The molecule has 3 aromatic rings. The van der Waals surface area contributed by atoms with Gasteiger partial charge < -0.3 is 19.5 Å². The highest BCUT2D eigenvalue weighted by atomic mass is 19.1. The number of fused-ring (bicyclic) bond motifs is 4. The van der Waals surface area contributed by atoms with Gasteiger partial charge in [0.1, 0.15) is 35.0 Å². The molecule has 7 rings (SSSR count). The van der Waals surface area contributed by atoms with Crippen LogP contribution in [0.2, 0.25) is 0 Å². The zero-order chi connectivity index (χ0) is 29.9. The Labute approximate surface area is 250 Å². The standard InChI is InChI=1S/C32H39FN6O4/c1-31(2,3)43-30(41)39-21-9-10-22(39)18-37(17-21)28-24-16-34-26(20-7-4-8-23(40)15-20)25(33)27(24)35-29(36-28)42-19-32-11-5-13-38(32)14-6-12-32/h4,7-8,15-16,21-22,40H,5-6,9-14,17-19H2,1-3H3/t21-,22+. The molecule has 0 radical (unpaired) electrons. The van der Waals surface area contributed by atoms with E-state index in [2.05, 4.69) is 19.8 Å². The third-order valence-electron chi connectivity index (χ3n) is 9.43. The first-order valence-electron chi connectivity index (χ1n) is 15.4. The molecule has 4 aliphatic heterocycles. The van der Waals surface area contributed by atoms with E-state index in [0.717, 1.165) is 51.6 Å². The Hall–Kier alpha value is -3.73. The van der Waals surface area contributed by atoms with E-state index < -0.39 is 11.4 Å². The van der Waals surface area contributed by atoms with Crippen molar-refractivity contribution in [2.75, 3.05) is 37.7 Å². The van der Waals surface area contributed by atoms with Gasteiger partial charge in [-0.15, -0.1) is 0 Å². The van der Waals surface area contributed by atoms with Crippen molar-refractivity contribution in [3.05, 3.63) is 36.3 Å². The third-order valence-corrected chi connectivity index (χ3v) is 9.43. The first-order chi connectivity index (χ1) is 20.6. The number of aromatic nitrogens is 3. The quantitative estimate of drug-likeness (QED) is 0.433. The van der Waals surface area contributed by atoms with Gasteiger partial charge in [-0.1, -0.05) is 12.1 Å². The number of amides is 1. The van der Waals surface area contributed by atoms with Crippen LogP contribution in [0.5, 0.6) is 11.8 Å². The second kappa shape index (κ2) is 10.5. The number of hydrogen-bond acceptors (Lipinski definition) is 9. The average molecular weight is 591 g/mol. The summed E-state index contributed by atoms with van der Waals surface area (Å²) in [6.45, 7) is 9.31. The van der Waals surface area contributed by atoms with Crippen LogP contribution in [-0.2, 0) is 4.74 Å². The number of anilines is 1. The van der Waals surface area contributed by atoms with Gasteiger partial charge in [0.05, 0.1) is 23.0 Å². The van der Waals surface area contributed by atoms with E-state index in [1.54, 1.807) is 18.3 Å². The van der Waals surface area contributed by atoms with E-state index in [1.165, 1.54) is 12.1 Å². The Balaban J connectivity index is 1.25. The zero-order valence-corrected chi connectivity index (χ0v) is 25.1. The van der Waals surface area contributed by atoms with Gasteiger partial charge >= 0.3 is 12.1 Å². The fourth-order valence-corrected chi connectivity index (χ4v) is 7.53. The molecule has 10 nitrogen and oxygen atoms in total. The maximum atomic E-state index is 16.3. The zero-order valence-electron chi connectivity index (χ0n) is 25.1. The lowest BCUT2D eigenvalue weighted by Crippen LogP contribution is -2.57. The largest absolute Gasteiger partial charge is 0.508 e. The van der Waals surface area contributed by atoms with Crippen LogP contribution >= 0.6 is 0 Å². The van der Waals surface area contributed by atoms with Crippen molar-refractivity contribution in [1.82, 2.24) is 24.8 Å². The van der Waals surface area contributed by atoms with Crippen LogP contribution in [0.15, 0.2) is 30.5 Å². The molecule has 43 heavy (non-hydrogen) atoms. The van der Waals surface area contributed by atoms with E-state index in [9.17, 15) is 9.90 Å². The number of phenols is 1. The molecule has 2 aromatic heterocycles. The summed E-state index contributed by atoms with van der Waals surface area (Å²) in [5, 5.41) is 10.5. The van der Waals surface area contributed by atoms with Crippen molar-refractivity contribution in [2.45, 2.75) is 82.5 Å². The molecule has 4 fully saturated rings. The van der Waals surface area contributed by atoms with Crippen molar-refractivity contribution < 1.29 is 23.8 Å². The molecule has 4 saturated heterocycles. The van der Waals surface area contributed by atoms with Crippen molar-refractivity contribution in [3.63, 3.8) is 0 Å². The van der Waals surface area contributed by atoms with E-state index >= 15 is 4.39 Å². The minimum Gasteiger partial charge on any atom is -0.508 e. The average Bonchev–Trinajstić information content (AvgIpc) is 3.62. The van der Waals surface area contributed by atoms with Gasteiger partial charge in [0.2, 0.25) is 0 Å². The fraction of sp³-hybridized carbons (Fsp3) is 0.562. The van der Waals surface area contributed by atoms with Crippen LogP contribution < -0.4 is 9.64 Å². The van der Waals surface area contributed by atoms with Crippen LogP contribution in [0.1, 0.15) is 59.3 Å². The molecule has 1 N–H and O–H groups in total. The lowest BCUT2D eigenvalue weighted by molar-refractivity contribution is 0.0122. The number of pyridine rings is 1. The molecule has 6 heterocycles. The topological polar surface area (TPSA) is 104 Å². The van der Waals surface area contributed by atoms with Gasteiger partial charge in [0, 0.05) is 24.8 Å². The summed E-state index contributed by atoms with van der Waals surface area (Å²) in [5.74, 6) is -0.00301. The normalized spacial score (nSPS) is 23.2. The van der Waals surface area contributed by atoms with Crippen molar-refractivity contribution in [1.29, 1.82) is 0 Å². The van der Waals surface area contributed by atoms with Crippen LogP contribution in [-0.4, -0.2) is 92.0 Å². The molecule has 2 atom stereocenters. The van der Waals surface area contributed by atoms with E-state index in [4.69, 9.17) is 14.5 Å². The number of phenolic OH excluding ortho intramolecular Hbond substituents is 1. The molecule has 4 aliphatic rings. The summed E-state index contributed by atoms with van der Waals surface area (Å²) in [4.78, 5) is 33.5. The highest BCUT2D eigenvalue weighted by Gasteiger charge is 2.46. The first kappa shape index (κ1) is 28.1. The second-order valence-corrected chi connectivity index (χ2v) is 13.4. The van der Waals surface area contributed by atoms with Gasteiger partial charge in [-0.05, 0) is 84.5 Å². The van der Waals surface area contributed by atoms with Crippen molar-refractivity contribution in [2.24, 2.45) is 0 Å². The summed E-state index contributed by atoms with van der Waals surface area (Å²) in [6.07, 6.45) is 7.46. The third kappa shape index (κ3) is 5.11. The maximum absolute atomic E-state index is 16.3. The smallest absolute Gasteiger partial charge is 0.410 e. The molecule has 228 valence electrons. The molecule has 0 saturated carbocycles. The van der Waals surface area contributed by atoms with Gasteiger partial charge in [0.15, 0.2) is 5.82 Å². The summed E-state index contributed by atoms with van der Waals surface area (Å²) >= 11 is 0. The molecule has 1 aromatic carbocycles. The fourth-order valence-electron chi connectivity index (χ4n) is 7.53. The molecule has 0 unspecified atom stereocenters. The maximum Gasteiger partial charge on any atom is 0.410 e. The minimum atomic E-state index is -0.589. The SMILES string of the molecule is CC(C)(C)OC(=O)N1[C@@H]2CC[C@H]1CN(c1nc(OCC34CCCN3CCC4)nc3c(F)c(-c4cccc(O)c4)ncc13)C2. The number of benzene rings is 1. The Morgan fingerprint density at radius 2 is 1.84 bits per heavy atom. The summed E-state index contributed by atoms with van der Waals surface area (Å²) in [6, 6.07) is 6.44. The number of carbonyl (C=O) groups excluding carboxylic acids is 1. The van der Waals surface area contributed by atoms with Crippen LogP contribution in [0.25, 0.3) is 22.2 Å². The van der Waals surface area contributed by atoms with Gasteiger partial charge in [-0.2, -0.15) is 9.97 Å². The molecular weight excluding hydrogens is 551 g/mol. The number of carbonyl (C=O) groups is 1. The Kier molecular flexibility index (Phi) is 6.83. The number of hydrogen-bond donors (Lipinski definition) is 1. The van der Waals surface area contributed by atoms with Gasteiger partial charge in [-0.3, -0.25) is 14.8 Å². The van der Waals surface area contributed by atoms with E-state index in [0.29, 0.717) is 36.5 Å². The molecule has 11 heteroatoms. The Bertz CT molecular complexity index is 1540. The van der Waals surface area contributed by atoms with E-state index in [-0.39, 0.29) is 46.7 Å². The minimum absolute atomic E-state index is 0.0137. The Morgan fingerprint density at radius 3 is 2.51 bits per heavy atom. The predicted molar refractivity (Wildman–Crippen MR) is 160 cm³/mol. The molecule has 1 amide bonds. The Morgan fingerprint density at radius 1 is 1.12 bits per heavy atom. The predicted octanol–water partition coefficient (Wildman–Crippen LogP) is 5.13. The second-order valence-electron chi connectivity index (χ2n) is 13.4. The number of nitrogens with zero attached hydrogens (tertiary/aromatic N) is 6. The van der Waals surface area contributed by atoms with Crippen LogP contribution in [0.3, 0.4) is 0 Å². The number of ether oxygens (including phenoxy) is 2.